The maximum absolute atomic E-state index is 15.2. The summed E-state index contributed by atoms with van der Waals surface area (Å²) < 4.78 is 99.5. The predicted molar refractivity (Wildman–Crippen MR) is 136 cm³/mol. The molecule has 194 valence electrons. The Morgan fingerprint density at radius 1 is 0.564 bits per heavy atom. The first kappa shape index (κ1) is 26.1. The molecule has 0 spiro atoms. The lowest BCUT2D eigenvalue weighted by molar-refractivity contribution is 0.446. The summed E-state index contributed by atoms with van der Waals surface area (Å²) in [6.45, 7) is 1.77. The Balaban J connectivity index is 1.51. The molecule has 0 heterocycles. The van der Waals surface area contributed by atoms with E-state index in [1.54, 1.807) is 25.1 Å². The molecule has 0 fully saturated rings. The standard InChI is InChI=1S/C32H17F7/c1-2-18-14-22(16-25(34)23(18)11-6-17-12-27(36)31(38)28(37)13-17)19-7-9-20(10-8-19)29-26(35)15-21-4-3-5-24(33)30(21)32(29)39/h3-5,7-10,12-16H,2H2,1H3. The summed E-state index contributed by atoms with van der Waals surface area (Å²) in [6, 6.07) is 15.3. The van der Waals surface area contributed by atoms with Crippen LogP contribution in [0.4, 0.5) is 30.7 Å². The van der Waals surface area contributed by atoms with E-state index >= 15 is 8.78 Å². The Morgan fingerprint density at radius 3 is 1.90 bits per heavy atom. The predicted octanol–water partition coefficient (Wildman–Crippen LogP) is 9.11. The molecule has 0 aromatic heterocycles. The minimum atomic E-state index is -1.62. The van der Waals surface area contributed by atoms with Crippen molar-refractivity contribution >= 4 is 10.8 Å². The summed E-state index contributed by atoms with van der Waals surface area (Å²) in [5, 5.41) is -0.207. The van der Waals surface area contributed by atoms with E-state index < -0.39 is 40.7 Å². The molecule has 0 saturated heterocycles. The molecular weight excluding hydrogens is 517 g/mol. The summed E-state index contributed by atoms with van der Waals surface area (Å²) in [5.41, 5.74) is 1.18. The molecule has 5 aromatic carbocycles. The van der Waals surface area contributed by atoms with Gasteiger partial charge in [0, 0.05) is 5.56 Å². The minimum Gasteiger partial charge on any atom is -0.206 e. The van der Waals surface area contributed by atoms with Crippen molar-refractivity contribution in [3.8, 4) is 34.1 Å². The van der Waals surface area contributed by atoms with Gasteiger partial charge in [-0.25, -0.2) is 30.7 Å². The van der Waals surface area contributed by atoms with Gasteiger partial charge >= 0.3 is 0 Å². The fourth-order valence-corrected chi connectivity index (χ4v) is 4.44. The largest absolute Gasteiger partial charge is 0.206 e. The molecule has 0 aliphatic heterocycles. The number of benzene rings is 5. The first-order valence-electron chi connectivity index (χ1n) is 11.8. The summed E-state index contributed by atoms with van der Waals surface area (Å²) >= 11 is 0. The highest BCUT2D eigenvalue weighted by atomic mass is 19.2. The zero-order valence-electron chi connectivity index (χ0n) is 20.3. The zero-order chi connectivity index (χ0) is 27.8. The maximum Gasteiger partial charge on any atom is 0.194 e. The van der Waals surface area contributed by atoms with E-state index in [4.69, 9.17) is 0 Å². The number of hydrogen-bond donors (Lipinski definition) is 0. The molecule has 0 N–H and O–H groups in total. The van der Waals surface area contributed by atoms with Gasteiger partial charge < -0.3 is 0 Å². The summed E-state index contributed by atoms with van der Waals surface area (Å²) in [7, 11) is 0. The van der Waals surface area contributed by atoms with Gasteiger partial charge in [0.15, 0.2) is 17.5 Å². The lowest BCUT2D eigenvalue weighted by Crippen LogP contribution is -1.96. The molecular formula is C32H17F7. The van der Waals surface area contributed by atoms with Gasteiger partial charge in [0.2, 0.25) is 0 Å². The molecule has 0 amide bonds. The van der Waals surface area contributed by atoms with Crippen molar-refractivity contribution in [1.82, 2.24) is 0 Å². The maximum atomic E-state index is 15.2. The van der Waals surface area contributed by atoms with Crippen LogP contribution in [-0.4, -0.2) is 0 Å². The van der Waals surface area contributed by atoms with Gasteiger partial charge in [-0.2, -0.15) is 0 Å². The lowest BCUT2D eigenvalue weighted by atomic mass is 9.94. The van der Waals surface area contributed by atoms with Gasteiger partial charge in [0.25, 0.3) is 0 Å². The molecule has 0 saturated carbocycles. The van der Waals surface area contributed by atoms with E-state index in [-0.39, 0.29) is 33.0 Å². The first-order valence-corrected chi connectivity index (χ1v) is 11.8. The molecule has 0 aliphatic carbocycles. The van der Waals surface area contributed by atoms with Crippen LogP contribution >= 0.6 is 0 Å². The highest BCUT2D eigenvalue weighted by Crippen LogP contribution is 2.35. The molecule has 0 atom stereocenters. The van der Waals surface area contributed by atoms with Crippen LogP contribution in [-0.2, 0) is 6.42 Å². The number of rotatable bonds is 3. The highest BCUT2D eigenvalue weighted by molar-refractivity contribution is 5.89. The second kappa shape index (κ2) is 10.3. The zero-order valence-corrected chi connectivity index (χ0v) is 20.3. The van der Waals surface area contributed by atoms with Crippen LogP contribution in [0.15, 0.2) is 72.8 Å². The smallest absolute Gasteiger partial charge is 0.194 e. The third-order valence-electron chi connectivity index (χ3n) is 6.38. The van der Waals surface area contributed by atoms with Gasteiger partial charge in [-0.05, 0) is 70.5 Å². The Bertz CT molecular complexity index is 1790. The van der Waals surface area contributed by atoms with Crippen LogP contribution in [0.2, 0.25) is 0 Å². The van der Waals surface area contributed by atoms with Gasteiger partial charge in [-0.1, -0.05) is 55.2 Å². The van der Waals surface area contributed by atoms with Crippen LogP contribution in [0.1, 0.15) is 23.6 Å². The quantitative estimate of drug-likeness (QED) is 0.123. The Kier molecular flexibility index (Phi) is 6.88. The molecule has 5 aromatic rings. The monoisotopic (exact) mass is 534 g/mol. The summed E-state index contributed by atoms with van der Waals surface area (Å²) in [6.07, 6.45) is 0.373. The van der Waals surface area contributed by atoms with Gasteiger partial charge in [0.05, 0.1) is 16.5 Å². The average molecular weight is 534 g/mol. The minimum absolute atomic E-state index is 0.0188. The van der Waals surface area contributed by atoms with Crippen LogP contribution in [0.3, 0.4) is 0 Å². The fraction of sp³-hybridized carbons (Fsp3) is 0.0625. The van der Waals surface area contributed by atoms with E-state index in [0.717, 1.165) is 24.3 Å². The number of halogens is 7. The molecule has 0 radical (unpaired) electrons. The van der Waals surface area contributed by atoms with Crippen LogP contribution in [0.5, 0.6) is 0 Å². The second-order valence-corrected chi connectivity index (χ2v) is 8.81. The Morgan fingerprint density at radius 2 is 1.23 bits per heavy atom. The van der Waals surface area contributed by atoms with Crippen molar-refractivity contribution in [2.24, 2.45) is 0 Å². The third kappa shape index (κ3) is 4.86. The third-order valence-corrected chi connectivity index (χ3v) is 6.38. The van der Waals surface area contributed by atoms with Crippen LogP contribution in [0.25, 0.3) is 33.0 Å². The highest BCUT2D eigenvalue weighted by Gasteiger charge is 2.18. The Hall–Kier alpha value is -4.57. The molecule has 0 unspecified atom stereocenters. The lowest BCUT2D eigenvalue weighted by Gasteiger charge is -2.12. The Labute approximate surface area is 219 Å². The first-order chi connectivity index (χ1) is 18.7. The molecule has 39 heavy (non-hydrogen) atoms. The van der Waals surface area contributed by atoms with Crippen molar-refractivity contribution in [3.63, 3.8) is 0 Å². The van der Waals surface area contributed by atoms with Gasteiger partial charge in [0.1, 0.15) is 23.3 Å². The van der Waals surface area contributed by atoms with Gasteiger partial charge in [-0.3, -0.25) is 0 Å². The van der Waals surface area contributed by atoms with Gasteiger partial charge in [-0.15, -0.1) is 0 Å². The van der Waals surface area contributed by atoms with Crippen molar-refractivity contribution in [3.05, 3.63) is 130 Å². The van der Waals surface area contributed by atoms with Crippen LogP contribution in [0, 0.1) is 52.6 Å². The van der Waals surface area contributed by atoms with Crippen molar-refractivity contribution in [1.29, 1.82) is 0 Å². The summed E-state index contributed by atoms with van der Waals surface area (Å²) in [4.78, 5) is 0. The van der Waals surface area contributed by atoms with Crippen LogP contribution < -0.4 is 0 Å². The summed E-state index contributed by atoms with van der Waals surface area (Å²) in [5.74, 6) is -2.74. The average Bonchev–Trinajstić information content (AvgIpc) is 2.90. The van der Waals surface area contributed by atoms with E-state index in [2.05, 4.69) is 11.8 Å². The fourth-order valence-electron chi connectivity index (χ4n) is 4.44. The molecule has 0 aliphatic rings. The van der Waals surface area contributed by atoms with Crippen molar-refractivity contribution in [2.75, 3.05) is 0 Å². The number of aryl methyl sites for hydroxylation is 1. The number of fused-ring (bicyclic) bond motifs is 1. The molecule has 0 nitrogen and oxygen atoms in total. The molecule has 7 heteroatoms. The SMILES string of the molecule is CCc1cc(-c2ccc(-c3c(F)cc4cccc(F)c4c3F)cc2)cc(F)c1C#Cc1cc(F)c(F)c(F)c1. The van der Waals surface area contributed by atoms with E-state index in [1.165, 1.54) is 30.3 Å². The topological polar surface area (TPSA) is 0 Å². The van der Waals surface area contributed by atoms with Crippen molar-refractivity contribution in [2.45, 2.75) is 13.3 Å². The van der Waals surface area contributed by atoms with E-state index in [0.29, 0.717) is 23.1 Å². The normalized spacial score (nSPS) is 11.0. The molecule has 5 rings (SSSR count). The van der Waals surface area contributed by atoms with Crippen molar-refractivity contribution < 1.29 is 30.7 Å². The molecule has 0 bridgehead atoms. The number of hydrogen-bond acceptors (Lipinski definition) is 0. The van der Waals surface area contributed by atoms with E-state index in [1.807, 2.05) is 0 Å². The van der Waals surface area contributed by atoms with E-state index in [9.17, 15) is 22.0 Å². The second-order valence-electron chi connectivity index (χ2n) is 8.81.